The van der Waals surface area contributed by atoms with Crippen molar-refractivity contribution in [3.63, 3.8) is 0 Å². The zero-order valence-corrected chi connectivity index (χ0v) is 14.1. The van der Waals surface area contributed by atoms with Crippen LogP contribution >= 0.6 is 0 Å². The van der Waals surface area contributed by atoms with E-state index in [9.17, 15) is 4.79 Å². The Morgan fingerprint density at radius 2 is 1.91 bits per heavy atom. The minimum absolute atomic E-state index is 0.0952. The second-order valence-electron chi connectivity index (χ2n) is 6.53. The fourth-order valence-corrected chi connectivity index (χ4v) is 2.65. The number of aromatic nitrogens is 2. The Hall–Kier alpha value is -1.65. The number of hydrogen-bond donors (Lipinski definition) is 1. The van der Waals surface area contributed by atoms with E-state index >= 15 is 0 Å². The predicted octanol–water partition coefficient (Wildman–Crippen LogP) is 2.94. The van der Waals surface area contributed by atoms with Gasteiger partial charge in [-0.25, -0.2) is 9.97 Å². The van der Waals surface area contributed by atoms with Crippen LogP contribution in [-0.2, 0) is 0 Å². The number of carbonyl (C=O) groups excluding carboxylic acids is 1. The Morgan fingerprint density at radius 3 is 2.55 bits per heavy atom. The molecule has 2 heterocycles. The normalized spacial score (nSPS) is 15.7. The third kappa shape index (κ3) is 4.97. The molecule has 1 aromatic rings. The number of anilines is 1. The minimum atomic E-state index is -0.0952. The maximum atomic E-state index is 12.3. The summed E-state index contributed by atoms with van der Waals surface area (Å²) in [5.74, 6) is 1.19. The summed E-state index contributed by atoms with van der Waals surface area (Å²) in [7, 11) is 0. The molecule has 0 aliphatic carbocycles. The first kappa shape index (κ1) is 16.7. The Morgan fingerprint density at radius 1 is 1.23 bits per heavy atom. The number of nitrogens with zero attached hydrogens (tertiary/aromatic N) is 3. The lowest BCUT2D eigenvalue weighted by atomic mass is 10.1. The van der Waals surface area contributed by atoms with Crippen LogP contribution in [0.1, 0.15) is 62.1 Å². The van der Waals surface area contributed by atoms with Crippen molar-refractivity contribution in [3.8, 4) is 0 Å². The topological polar surface area (TPSA) is 58.1 Å². The predicted molar refractivity (Wildman–Crippen MR) is 89.2 cm³/mol. The molecule has 5 nitrogen and oxygen atoms in total. The summed E-state index contributed by atoms with van der Waals surface area (Å²) in [5, 5.41) is 2.95. The minimum Gasteiger partial charge on any atom is -0.351 e. The second-order valence-corrected chi connectivity index (χ2v) is 6.53. The van der Waals surface area contributed by atoms with E-state index in [2.05, 4.69) is 34.0 Å². The van der Waals surface area contributed by atoms with Crippen LogP contribution in [0.25, 0.3) is 0 Å². The van der Waals surface area contributed by atoms with Gasteiger partial charge in [0.25, 0.3) is 5.91 Å². The highest BCUT2D eigenvalue weighted by molar-refractivity contribution is 5.92. The molecule has 0 aromatic carbocycles. The summed E-state index contributed by atoms with van der Waals surface area (Å²) in [6.45, 7) is 8.89. The van der Waals surface area contributed by atoms with Gasteiger partial charge in [-0.1, -0.05) is 26.7 Å². The third-order valence-electron chi connectivity index (χ3n) is 3.97. The molecule has 5 heteroatoms. The van der Waals surface area contributed by atoms with Crippen molar-refractivity contribution in [2.45, 2.75) is 52.9 Å². The number of hydrogen-bond acceptors (Lipinski definition) is 4. The van der Waals surface area contributed by atoms with Crippen molar-refractivity contribution in [2.75, 3.05) is 24.5 Å². The van der Waals surface area contributed by atoms with E-state index in [1.165, 1.54) is 25.7 Å². The van der Waals surface area contributed by atoms with Crippen LogP contribution in [0, 0.1) is 12.8 Å². The van der Waals surface area contributed by atoms with Gasteiger partial charge in [-0.2, -0.15) is 0 Å². The third-order valence-corrected chi connectivity index (χ3v) is 3.97. The van der Waals surface area contributed by atoms with E-state index in [0.29, 0.717) is 24.1 Å². The SMILES string of the molecule is Cc1cc(C(=O)NCCC(C)C)nc(N2CCCCCC2)n1. The first-order chi connectivity index (χ1) is 10.6. The van der Waals surface area contributed by atoms with Crippen LogP contribution in [0.4, 0.5) is 5.95 Å². The molecule has 0 atom stereocenters. The molecule has 0 unspecified atom stereocenters. The average molecular weight is 304 g/mol. The van der Waals surface area contributed by atoms with Crippen LogP contribution in [0.5, 0.6) is 0 Å². The molecule has 0 spiro atoms. The molecule has 122 valence electrons. The van der Waals surface area contributed by atoms with Gasteiger partial charge in [0.15, 0.2) is 0 Å². The van der Waals surface area contributed by atoms with Crippen LogP contribution in [0.15, 0.2) is 6.07 Å². The van der Waals surface area contributed by atoms with E-state index < -0.39 is 0 Å². The van der Waals surface area contributed by atoms with Gasteiger partial charge in [-0.05, 0) is 38.2 Å². The quantitative estimate of drug-likeness (QED) is 0.908. The van der Waals surface area contributed by atoms with Crippen LogP contribution in [-0.4, -0.2) is 35.5 Å². The van der Waals surface area contributed by atoms with Crippen molar-refractivity contribution in [1.29, 1.82) is 0 Å². The molecule has 0 saturated carbocycles. The van der Waals surface area contributed by atoms with Gasteiger partial charge >= 0.3 is 0 Å². The molecule has 1 amide bonds. The Kier molecular flexibility index (Phi) is 6.16. The first-order valence-electron chi connectivity index (χ1n) is 8.45. The summed E-state index contributed by atoms with van der Waals surface area (Å²) in [5.41, 5.74) is 1.33. The largest absolute Gasteiger partial charge is 0.351 e. The fraction of sp³-hybridized carbons (Fsp3) is 0.706. The van der Waals surface area contributed by atoms with E-state index in [-0.39, 0.29) is 5.91 Å². The Bertz CT molecular complexity index is 493. The van der Waals surface area contributed by atoms with Crippen molar-refractivity contribution in [2.24, 2.45) is 5.92 Å². The van der Waals surface area contributed by atoms with Crippen molar-refractivity contribution >= 4 is 11.9 Å². The van der Waals surface area contributed by atoms with Crippen LogP contribution < -0.4 is 10.2 Å². The summed E-state index contributed by atoms with van der Waals surface area (Å²) >= 11 is 0. The molecule has 1 N–H and O–H groups in total. The zero-order valence-electron chi connectivity index (χ0n) is 14.1. The molecule has 1 saturated heterocycles. The molecule has 1 fully saturated rings. The molecular weight excluding hydrogens is 276 g/mol. The molecule has 1 aromatic heterocycles. The monoisotopic (exact) mass is 304 g/mol. The van der Waals surface area contributed by atoms with Crippen LogP contribution in [0.2, 0.25) is 0 Å². The zero-order chi connectivity index (χ0) is 15.9. The Labute approximate surface area is 133 Å². The van der Waals surface area contributed by atoms with Crippen molar-refractivity contribution < 1.29 is 4.79 Å². The molecule has 1 aliphatic rings. The molecule has 22 heavy (non-hydrogen) atoms. The van der Waals surface area contributed by atoms with Gasteiger partial charge in [0.05, 0.1) is 0 Å². The summed E-state index contributed by atoms with van der Waals surface area (Å²) in [6.07, 6.45) is 5.87. The Balaban J connectivity index is 2.06. The highest BCUT2D eigenvalue weighted by Crippen LogP contribution is 2.16. The van der Waals surface area contributed by atoms with Crippen molar-refractivity contribution in [1.82, 2.24) is 15.3 Å². The highest BCUT2D eigenvalue weighted by Gasteiger charge is 2.16. The maximum absolute atomic E-state index is 12.3. The molecule has 1 aliphatic heterocycles. The van der Waals surface area contributed by atoms with Crippen LogP contribution in [0.3, 0.4) is 0 Å². The van der Waals surface area contributed by atoms with Crippen molar-refractivity contribution in [3.05, 3.63) is 17.5 Å². The van der Waals surface area contributed by atoms with Gasteiger partial charge in [-0.3, -0.25) is 4.79 Å². The van der Waals surface area contributed by atoms with Gasteiger partial charge < -0.3 is 10.2 Å². The van der Waals surface area contributed by atoms with E-state index in [4.69, 9.17) is 0 Å². The number of carbonyl (C=O) groups is 1. The maximum Gasteiger partial charge on any atom is 0.270 e. The van der Waals surface area contributed by atoms with E-state index in [0.717, 1.165) is 25.2 Å². The average Bonchev–Trinajstić information content (AvgIpc) is 2.75. The smallest absolute Gasteiger partial charge is 0.270 e. The molecular formula is C17H28N4O. The number of aryl methyl sites for hydroxylation is 1. The first-order valence-corrected chi connectivity index (χ1v) is 8.45. The molecule has 0 bridgehead atoms. The second kappa shape index (κ2) is 8.11. The van der Waals surface area contributed by atoms with Gasteiger partial charge in [0, 0.05) is 25.3 Å². The lowest BCUT2D eigenvalue weighted by Gasteiger charge is -2.21. The summed E-state index contributed by atoms with van der Waals surface area (Å²) in [4.78, 5) is 23.5. The standard InChI is InChI=1S/C17H28N4O/c1-13(2)8-9-18-16(22)15-12-14(3)19-17(20-15)21-10-6-4-5-7-11-21/h12-13H,4-11H2,1-3H3,(H,18,22). The van der Waals surface area contributed by atoms with Gasteiger partial charge in [-0.15, -0.1) is 0 Å². The summed E-state index contributed by atoms with van der Waals surface area (Å²) < 4.78 is 0. The number of amides is 1. The number of nitrogens with one attached hydrogen (secondary N) is 1. The fourth-order valence-electron chi connectivity index (χ4n) is 2.65. The summed E-state index contributed by atoms with van der Waals surface area (Å²) in [6, 6.07) is 1.77. The molecule has 2 rings (SSSR count). The van der Waals surface area contributed by atoms with Gasteiger partial charge in [0.1, 0.15) is 5.69 Å². The lowest BCUT2D eigenvalue weighted by Crippen LogP contribution is -2.30. The van der Waals surface area contributed by atoms with Gasteiger partial charge in [0.2, 0.25) is 5.95 Å². The molecule has 0 radical (unpaired) electrons. The van der Waals surface area contributed by atoms with E-state index in [1.54, 1.807) is 6.07 Å². The number of rotatable bonds is 5. The van der Waals surface area contributed by atoms with E-state index in [1.807, 2.05) is 6.92 Å². The highest BCUT2D eigenvalue weighted by atomic mass is 16.1. The lowest BCUT2D eigenvalue weighted by molar-refractivity contribution is 0.0947.